The number of primary amides is 1. The number of rotatable bonds is 9. The molecule has 1 aliphatic carbocycles. The number of aldehydes is 1. The molecule has 4 unspecified atom stereocenters. The number of carbonyl (C=O) groups excluding carboxylic acids is 2. The summed E-state index contributed by atoms with van der Waals surface area (Å²) in [7, 11) is 2.23. The number of benzene rings is 1. The van der Waals surface area contributed by atoms with Gasteiger partial charge in [-0.15, -0.1) is 0 Å². The second kappa shape index (κ2) is 8.05. The Bertz CT molecular complexity index is 718. The molecule has 1 saturated heterocycles. The zero-order valence-electron chi connectivity index (χ0n) is 16.8. The molecule has 27 heavy (non-hydrogen) atoms. The van der Waals surface area contributed by atoms with Crippen LogP contribution in [-0.4, -0.2) is 44.1 Å². The summed E-state index contributed by atoms with van der Waals surface area (Å²) in [5, 5.41) is 0. The number of anilines is 1. The largest absolute Gasteiger partial charge is 0.398 e. The maximum atomic E-state index is 11.7. The molecule has 1 aliphatic heterocycles. The minimum Gasteiger partial charge on any atom is -0.398 e. The van der Waals surface area contributed by atoms with Crippen LogP contribution in [0.1, 0.15) is 60.5 Å². The number of carbonyl (C=O) groups is 2. The maximum Gasteiger partial charge on any atom is 0.220 e. The summed E-state index contributed by atoms with van der Waals surface area (Å²) < 4.78 is 0. The minimum atomic E-state index is -0.221. The Morgan fingerprint density at radius 3 is 2.59 bits per heavy atom. The molecule has 4 atom stereocenters. The topological polar surface area (TPSA) is 89.4 Å². The van der Waals surface area contributed by atoms with Crippen molar-refractivity contribution < 1.29 is 9.59 Å². The summed E-state index contributed by atoms with van der Waals surface area (Å²) in [6, 6.07) is 4.64. The summed E-state index contributed by atoms with van der Waals surface area (Å²) in [5.74, 6) is 1.42. The Hall–Kier alpha value is -1.82. The van der Waals surface area contributed by atoms with Gasteiger partial charge in [0.2, 0.25) is 5.91 Å². The van der Waals surface area contributed by atoms with Gasteiger partial charge in [-0.3, -0.25) is 14.5 Å². The molecular formula is C21H32BN3O2. The van der Waals surface area contributed by atoms with Crippen molar-refractivity contribution in [3.8, 4) is 0 Å². The predicted octanol–water partition coefficient (Wildman–Crippen LogP) is 1.75. The number of nitrogen functional groups attached to an aromatic ring is 1. The molecule has 0 radical (unpaired) electrons. The van der Waals surface area contributed by atoms with Gasteiger partial charge in [-0.05, 0) is 42.2 Å². The SMILES string of the molecule is BC1CC1c1ccc(CC2CN(C(CC)CC(C)C(N)=O)C2)c(C=O)c1N. The fourth-order valence-corrected chi connectivity index (χ4v) is 4.54. The highest BCUT2D eigenvalue weighted by atomic mass is 16.1. The first-order valence-corrected chi connectivity index (χ1v) is 10.2. The van der Waals surface area contributed by atoms with Crippen molar-refractivity contribution in [2.45, 2.75) is 57.3 Å². The fraction of sp³-hybridized carbons (Fsp3) is 0.619. The van der Waals surface area contributed by atoms with Crippen molar-refractivity contribution in [2.75, 3.05) is 18.8 Å². The van der Waals surface area contributed by atoms with E-state index in [0.717, 1.165) is 49.8 Å². The van der Waals surface area contributed by atoms with Crippen molar-refractivity contribution in [1.82, 2.24) is 4.90 Å². The van der Waals surface area contributed by atoms with Crippen molar-refractivity contribution >= 4 is 25.7 Å². The van der Waals surface area contributed by atoms with E-state index in [1.807, 2.05) is 6.92 Å². The lowest BCUT2D eigenvalue weighted by Gasteiger charge is -2.45. The zero-order valence-corrected chi connectivity index (χ0v) is 16.8. The Morgan fingerprint density at radius 2 is 2.07 bits per heavy atom. The molecule has 4 N–H and O–H groups in total. The van der Waals surface area contributed by atoms with Crippen molar-refractivity contribution in [3.63, 3.8) is 0 Å². The Balaban J connectivity index is 1.60. The smallest absolute Gasteiger partial charge is 0.220 e. The molecule has 5 nitrogen and oxygen atoms in total. The van der Waals surface area contributed by atoms with E-state index in [2.05, 4.69) is 31.8 Å². The molecule has 1 aromatic rings. The monoisotopic (exact) mass is 369 g/mol. The van der Waals surface area contributed by atoms with Gasteiger partial charge in [-0.1, -0.05) is 38.2 Å². The van der Waals surface area contributed by atoms with Gasteiger partial charge in [0, 0.05) is 36.3 Å². The first kappa shape index (κ1) is 19.9. The Morgan fingerprint density at radius 1 is 1.41 bits per heavy atom. The molecule has 0 spiro atoms. The van der Waals surface area contributed by atoms with Gasteiger partial charge < -0.3 is 11.5 Å². The highest BCUT2D eigenvalue weighted by Gasteiger charge is 2.37. The third-order valence-electron chi connectivity index (χ3n) is 6.63. The van der Waals surface area contributed by atoms with E-state index in [1.165, 1.54) is 6.42 Å². The third kappa shape index (κ3) is 4.21. The third-order valence-corrected chi connectivity index (χ3v) is 6.63. The lowest BCUT2D eigenvalue weighted by Crippen LogP contribution is -2.53. The molecule has 1 heterocycles. The van der Waals surface area contributed by atoms with E-state index in [4.69, 9.17) is 11.5 Å². The predicted molar refractivity (Wildman–Crippen MR) is 112 cm³/mol. The first-order chi connectivity index (χ1) is 12.8. The molecule has 146 valence electrons. The molecule has 2 fully saturated rings. The normalized spacial score (nSPS) is 24.8. The quantitative estimate of drug-likeness (QED) is 0.394. The van der Waals surface area contributed by atoms with Crippen LogP contribution in [0, 0.1) is 11.8 Å². The summed E-state index contributed by atoms with van der Waals surface area (Å²) in [6.07, 6.45) is 4.82. The van der Waals surface area contributed by atoms with Gasteiger partial charge >= 0.3 is 0 Å². The number of nitrogens with two attached hydrogens (primary N) is 2. The van der Waals surface area contributed by atoms with Crippen LogP contribution in [0.25, 0.3) is 0 Å². The van der Waals surface area contributed by atoms with Crippen LogP contribution < -0.4 is 11.5 Å². The van der Waals surface area contributed by atoms with E-state index >= 15 is 0 Å². The van der Waals surface area contributed by atoms with Crippen LogP contribution in [0.4, 0.5) is 5.69 Å². The molecule has 2 aliphatic rings. The number of hydrogen-bond acceptors (Lipinski definition) is 4. The van der Waals surface area contributed by atoms with Gasteiger partial charge in [-0.2, -0.15) is 0 Å². The van der Waals surface area contributed by atoms with Crippen molar-refractivity contribution in [1.29, 1.82) is 0 Å². The summed E-state index contributed by atoms with van der Waals surface area (Å²) in [4.78, 5) is 25.5. The van der Waals surface area contributed by atoms with Crippen molar-refractivity contribution in [3.05, 3.63) is 28.8 Å². The standard InChI is InChI=1S/C21H32BN3O2/c1-3-15(6-12(2)21(24)27)25-9-13(10-25)7-14-4-5-16(17-8-19(17)22)20(23)18(14)11-26/h4-5,11-13,15,17,19H,3,6-10,22-23H2,1-2H3,(H2,24,27). The molecular weight excluding hydrogens is 337 g/mol. The summed E-state index contributed by atoms with van der Waals surface area (Å²) in [5.41, 5.74) is 15.3. The van der Waals surface area contributed by atoms with Crippen LogP contribution >= 0.6 is 0 Å². The molecule has 0 aromatic heterocycles. The van der Waals surface area contributed by atoms with Crippen LogP contribution in [0.5, 0.6) is 0 Å². The van der Waals surface area contributed by atoms with E-state index in [0.29, 0.717) is 34.9 Å². The molecule has 1 aromatic carbocycles. The average Bonchev–Trinajstić information content (AvgIpc) is 3.32. The van der Waals surface area contributed by atoms with Gasteiger partial charge in [0.05, 0.1) is 0 Å². The summed E-state index contributed by atoms with van der Waals surface area (Å²) >= 11 is 0. The van der Waals surface area contributed by atoms with Gasteiger partial charge in [-0.25, -0.2) is 0 Å². The molecule has 1 saturated carbocycles. The minimum absolute atomic E-state index is 0.0900. The maximum absolute atomic E-state index is 11.7. The average molecular weight is 369 g/mol. The highest BCUT2D eigenvalue weighted by molar-refractivity contribution is 6.14. The second-order valence-corrected chi connectivity index (χ2v) is 8.70. The first-order valence-electron chi connectivity index (χ1n) is 10.2. The fourth-order valence-electron chi connectivity index (χ4n) is 4.54. The lowest BCUT2D eigenvalue weighted by atomic mass is 9.85. The zero-order chi connectivity index (χ0) is 19.7. The molecule has 0 bridgehead atoms. The highest BCUT2D eigenvalue weighted by Crippen LogP contribution is 2.52. The molecule has 6 heteroatoms. The van der Waals surface area contributed by atoms with Crippen LogP contribution in [-0.2, 0) is 11.2 Å². The van der Waals surface area contributed by atoms with Gasteiger partial charge in [0.15, 0.2) is 6.29 Å². The molecule has 3 rings (SSSR count). The van der Waals surface area contributed by atoms with E-state index in [1.54, 1.807) is 0 Å². The lowest BCUT2D eigenvalue weighted by molar-refractivity contribution is -0.122. The molecule has 1 amide bonds. The van der Waals surface area contributed by atoms with E-state index in [9.17, 15) is 9.59 Å². The Labute approximate surface area is 163 Å². The summed E-state index contributed by atoms with van der Waals surface area (Å²) in [6.45, 7) is 6.07. The van der Waals surface area contributed by atoms with Crippen LogP contribution in [0.2, 0.25) is 5.82 Å². The van der Waals surface area contributed by atoms with Crippen LogP contribution in [0.15, 0.2) is 12.1 Å². The van der Waals surface area contributed by atoms with Crippen LogP contribution in [0.3, 0.4) is 0 Å². The number of nitrogens with zero attached hydrogens (tertiary/aromatic N) is 1. The number of amides is 1. The van der Waals surface area contributed by atoms with Gasteiger partial charge in [0.25, 0.3) is 0 Å². The van der Waals surface area contributed by atoms with Crippen molar-refractivity contribution in [2.24, 2.45) is 17.6 Å². The number of hydrogen-bond donors (Lipinski definition) is 2. The second-order valence-electron chi connectivity index (χ2n) is 8.70. The number of likely N-dealkylation sites (tertiary alicyclic amines) is 1. The van der Waals surface area contributed by atoms with E-state index < -0.39 is 0 Å². The van der Waals surface area contributed by atoms with Gasteiger partial charge in [0.1, 0.15) is 7.85 Å². The Kier molecular flexibility index (Phi) is 5.94. The van der Waals surface area contributed by atoms with E-state index in [-0.39, 0.29) is 11.8 Å².